The molecule has 0 saturated carbocycles. The predicted molar refractivity (Wildman–Crippen MR) is 48.6 cm³/mol. The van der Waals surface area contributed by atoms with Gasteiger partial charge in [-0.1, -0.05) is 11.6 Å². The van der Waals surface area contributed by atoms with Gasteiger partial charge >= 0.3 is 0 Å². The first kappa shape index (κ1) is 11.2. The van der Waals surface area contributed by atoms with E-state index in [4.69, 9.17) is 11.6 Å². The van der Waals surface area contributed by atoms with E-state index < -0.39 is 5.18 Å². The zero-order chi connectivity index (χ0) is 9.23. The minimum absolute atomic E-state index is 0.252. The average Bonchev–Trinajstić information content (AvgIpc) is 1.54. The van der Waals surface area contributed by atoms with Crippen LogP contribution in [0, 0.1) is 0 Å². The molecular weight excluding hydrogens is 162 g/mol. The highest BCUT2D eigenvalue weighted by Crippen LogP contribution is 2.22. The molecule has 3 heteroatoms. The first-order valence-electron chi connectivity index (χ1n) is 3.96. The summed E-state index contributed by atoms with van der Waals surface area (Å²) in [5.41, 5.74) is 0. The van der Waals surface area contributed by atoms with Crippen molar-refractivity contribution in [1.29, 1.82) is 0 Å². The molecule has 0 amide bonds. The Bertz CT molecular complexity index is 110. The van der Waals surface area contributed by atoms with E-state index in [9.17, 15) is 5.11 Å². The fourth-order valence-corrected chi connectivity index (χ4v) is 1.93. The average molecular weight is 180 g/mol. The fourth-order valence-electron chi connectivity index (χ4n) is 1.54. The molecule has 0 aromatic heterocycles. The molecule has 0 saturated heterocycles. The zero-order valence-corrected chi connectivity index (χ0v) is 8.68. The molecular formula is C8H18ClNO. The Morgan fingerprint density at radius 1 is 1.18 bits per heavy atom. The Hall–Kier alpha value is 0.210. The molecule has 0 aromatic rings. The van der Waals surface area contributed by atoms with Gasteiger partial charge in [0.15, 0.2) is 5.18 Å². The maximum absolute atomic E-state index is 9.51. The van der Waals surface area contributed by atoms with Gasteiger partial charge in [-0.2, -0.15) is 0 Å². The largest absolute Gasteiger partial charge is 0.363 e. The molecule has 0 radical (unpaired) electrons. The van der Waals surface area contributed by atoms with Crippen LogP contribution >= 0.6 is 11.6 Å². The number of nitrogens with zero attached hydrogens (tertiary/aromatic N) is 1. The molecule has 0 aromatic carbocycles. The molecule has 2 nitrogen and oxygen atoms in total. The number of rotatable bonds is 3. The van der Waals surface area contributed by atoms with Gasteiger partial charge in [-0.05, 0) is 34.6 Å². The van der Waals surface area contributed by atoms with Gasteiger partial charge in [0, 0.05) is 12.1 Å². The Labute approximate surface area is 74.2 Å². The molecule has 0 bridgehead atoms. The molecule has 0 aliphatic heterocycles. The molecule has 0 aliphatic carbocycles. The second kappa shape index (κ2) is 3.74. The summed E-state index contributed by atoms with van der Waals surface area (Å²) >= 11 is 5.77. The van der Waals surface area contributed by atoms with E-state index in [1.165, 1.54) is 0 Å². The molecule has 0 aliphatic rings. The quantitative estimate of drug-likeness (QED) is 0.407. The van der Waals surface area contributed by atoms with E-state index in [2.05, 4.69) is 0 Å². The van der Waals surface area contributed by atoms with Gasteiger partial charge in [-0.25, -0.2) is 0 Å². The van der Waals surface area contributed by atoms with Crippen LogP contribution in [0.2, 0.25) is 0 Å². The SMILES string of the molecule is CC(C)N(C(C)C)C(C)(O)Cl. The number of halogens is 1. The highest BCUT2D eigenvalue weighted by Gasteiger charge is 2.30. The van der Waals surface area contributed by atoms with Crippen LogP contribution in [0.4, 0.5) is 0 Å². The van der Waals surface area contributed by atoms with Crippen LogP contribution in [0.15, 0.2) is 0 Å². The molecule has 0 spiro atoms. The second-order valence-electron chi connectivity index (χ2n) is 3.50. The molecule has 68 valence electrons. The first-order valence-corrected chi connectivity index (χ1v) is 4.34. The van der Waals surface area contributed by atoms with Gasteiger partial charge in [-0.3, -0.25) is 4.90 Å². The maximum atomic E-state index is 9.51. The number of hydrogen-bond donors (Lipinski definition) is 1. The van der Waals surface area contributed by atoms with Crippen molar-refractivity contribution >= 4 is 11.6 Å². The fraction of sp³-hybridized carbons (Fsp3) is 1.00. The lowest BCUT2D eigenvalue weighted by molar-refractivity contribution is -0.0597. The Morgan fingerprint density at radius 3 is 1.45 bits per heavy atom. The minimum Gasteiger partial charge on any atom is -0.363 e. The minimum atomic E-state index is -1.23. The van der Waals surface area contributed by atoms with E-state index in [0.29, 0.717) is 0 Å². The Morgan fingerprint density at radius 2 is 1.45 bits per heavy atom. The standard InChI is InChI=1S/C8H18ClNO/c1-6(2)10(7(3)4)8(5,9)11/h6-7,11H,1-5H3. The lowest BCUT2D eigenvalue weighted by atomic mass is 10.2. The van der Waals surface area contributed by atoms with Crippen LogP contribution in [-0.4, -0.2) is 27.3 Å². The van der Waals surface area contributed by atoms with Crippen LogP contribution < -0.4 is 0 Å². The number of alkyl halides is 1. The lowest BCUT2D eigenvalue weighted by Gasteiger charge is -2.38. The summed E-state index contributed by atoms with van der Waals surface area (Å²) in [5, 5.41) is 8.28. The third kappa shape index (κ3) is 3.41. The van der Waals surface area contributed by atoms with Crippen molar-refractivity contribution in [3.8, 4) is 0 Å². The van der Waals surface area contributed by atoms with Crippen molar-refractivity contribution in [2.45, 2.75) is 51.9 Å². The van der Waals surface area contributed by atoms with Crippen molar-refractivity contribution < 1.29 is 5.11 Å². The van der Waals surface area contributed by atoms with Crippen LogP contribution in [-0.2, 0) is 0 Å². The topological polar surface area (TPSA) is 23.5 Å². The van der Waals surface area contributed by atoms with Gasteiger partial charge < -0.3 is 5.11 Å². The summed E-state index contributed by atoms with van der Waals surface area (Å²) in [6.45, 7) is 9.63. The molecule has 1 N–H and O–H groups in total. The molecule has 0 rings (SSSR count). The molecule has 1 unspecified atom stereocenters. The number of aliphatic hydroxyl groups is 1. The lowest BCUT2D eigenvalue weighted by Crippen LogP contribution is -2.49. The van der Waals surface area contributed by atoms with Crippen molar-refractivity contribution in [2.24, 2.45) is 0 Å². The molecule has 11 heavy (non-hydrogen) atoms. The summed E-state index contributed by atoms with van der Waals surface area (Å²) in [5.74, 6) is 0. The number of hydrogen-bond acceptors (Lipinski definition) is 2. The van der Waals surface area contributed by atoms with Gasteiger partial charge in [0.1, 0.15) is 0 Å². The Kier molecular flexibility index (Phi) is 3.82. The molecule has 1 atom stereocenters. The third-order valence-corrected chi connectivity index (χ3v) is 1.78. The van der Waals surface area contributed by atoms with E-state index in [1.807, 2.05) is 32.6 Å². The zero-order valence-electron chi connectivity index (χ0n) is 7.93. The van der Waals surface area contributed by atoms with Gasteiger partial charge in [0.2, 0.25) is 0 Å². The second-order valence-corrected chi connectivity index (χ2v) is 4.22. The highest BCUT2D eigenvalue weighted by atomic mass is 35.5. The molecule has 0 heterocycles. The summed E-state index contributed by atoms with van der Waals surface area (Å²) in [6.07, 6.45) is 0. The van der Waals surface area contributed by atoms with Gasteiger partial charge in [0.05, 0.1) is 0 Å². The smallest absolute Gasteiger partial charge is 0.193 e. The Balaban J connectivity index is 4.35. The van der Waals surface area contributed by atoms with Crippen LogP contribution in [0.1, 0.15) is 34.6 Å². The summed E-state index contributed by atoms with van der Waals surface area (Å²) in [7, 11) is 0. The third-order valence-electron chi connectivity index (χ3n) is 1.58. The predicted octanol–water partition coefficient (Wildman–Crippen LogP) is 2.01. The summed E-state index contributed by atoms with van der Waals surface area (Å²) < 4.78 is 0. The van der Waals surface area contributed by atoms with E-state index in [0.717, 1.165) is 0 Å². The van der Waals surface area contributed by atoms with Crippen LogP contribution in [0.3, 0.4) is 0 Å². The van der Waals surface area contributed by atoms with Crippen molar-refractivity contribution in [3.05, 3.63) is 0 Å². The van der Waals surface area contributed by atoms with E-state index in [1.54, 1.807) is 6.92 Å². The van der Waals surface area contributed by atoms with Crippen molar-refractivity contribution in [3.63, 3.8) is 0 Å². The van der Waals surface area contributed by atoms with E-state index >= 15 is 0 Å². The summed E-state index contributed by atoms with van der Waals surface area (Å²) in [4.78, 5) is 1.84. The maximum Gasteiger partial charge on any atom is 0.193 e. The van der Waals surface area contributed by atoms with Crippen LogP contribution in [0.5, 0.6) is 0 Å². The van der Waals surface area contributed by atoms with Crippen molar-refractivity contribution in [2.75, 3.05) is 0 Å². The first-order chi connectivity index (χ1) is 4.76. The summed E-state index contributed by atoms with van der Waals surface area (Å²) in [6, 6.07) is 0.505. The normalized spacial score (nSPS) is 18.0. The van der Waals surface area contributed by atoms with Gasteiger partial charge in [-0.15, -0.1) is 0 Å². The highest BCUT2D eigenvalue weighted by molar-refractivity contribution is 6.22. The van der Waals surface area contributed by atoms with Gasteiger partial charge in [0.25, 0.3) is 0 Å². The monoisotopic (exact) mass is 179 g/mol. The van der Waals surface area contributed by atoms with Crippen molar-refractivity contribution in [1.82, 2.24) is 4.90 Å². The molecule has 0 fully saturated rings. The van der Waals surface area contributed by atoms with Crippen LogP contribution in [0.25, 0.3) is 0 Å². The van der Waals surface area contributed by atoms with E-state index in [-0.39, 0.29) is 12.1 Å².